The Bertz CT molecular complexity index is 421. The van der Waals surface area contributed by atoms with Crippen LogP contribution in [0.1, 0.15) is 23.0 Å². The molecule has 7 heteroatoms. The van der Waals surface area contributed by atoms with Gasteiger partial charge in [-0.05, 0) is 13.0 Å². The lowest BCUT2D eigenvalue weighted by Crippen LogP contribution is -2.40. The molecule has 0 saturated carbocycles. The van der Waals surface area contributed by atoms with Crippen LogP contribution in [0, 0.1) is 0 Å². The molecule has 1 atom stereocenters. The summed E-state index contributed by atoms with van der Waals surface area (Å²) in [5.74, 6) is -0.0458. The number of carbonyl (C=O) groups is 1. The van der Waals surface area contributed by atoms with Gasteiger partial charge < -0.3 is 15.0 Å². The molecule has 0 spiro atoms. The van der Waals surface area contributed by atoms with E-state index < -0.39 is 0 Å². The van der Waals surface area contributed by atoms with Gasteiger partial charge in [0.25, 0.3) is 5.91 Å². The van der Waals surface area contributed by atoms with Crippen molar-refractivity contribution in [1.82, 2.24) is 25.2 Å². The maximum atomic E-state index is 12.2. The number of hydrogen-bond donors (Lipinski definition) is 1. The summed E-state index contributed by atoms with van der Waals surface area (Å²) in [6.45, 7) is 4.37. The lowest BCUT2D eigenvalue weighted by Gasteiger charge is -2.25. The van der Waals surface area contributed by atoms with E-state index in [4.69, 9.17) is 4.74 Å². The zero-order chi connectivity index (χ0) is 12.4. The van der Waals surface area contributed by atoms with Crippen LogP contribution >= 0.6 is 0 Å². The first-order valence-corrected chi connectivity index (χ1v) is 6.34. The Morgan fingerprint density at radius 2 is 2.28 bits per heavy atom. The van der Waals surface area contributed by atoms with E-state index in [1.165, 1.54) is 0 Å². The van der Waals surface area contributed by atoms with Gasteiger partial charge in [0.15, 0.2) is 5.69 Å². The Kier molecular flexibility index (Phi) is 3.24. The standard InChI is InChI=1S/C11H17N5O2/c17-11(15-3-5-18-6-4-15)10-8-16(14-13-10)9-1-2-12-7-9/h8-9,12H,1-7H2. The molecule has 2 saturated heterocycles. The molecule has 1 unspecified atom stereocenters. The Hall–Kier alpha value is -1.47. The lowest BCUT2D eigenvalue weighted by atomic mass is 10.3. The van der Waals surface area contributed by atoms with Crippen LogP contribution in [-0.2, 0) is 4.74 Å². The van der Waals surface area contributed by atoms with Crippen molar-refractivity contribution in [3.63, 3.8) is 0 Å². The summed E-state index contributed by atoms with van der Waals surface area (Å²) in [5, 5.41) is 11.3. The van der Waals surface area contributed by atoms with E-state index in [0.717, 1.165) is 19.5 Å². The molecule has 1 N–H and O–H groups in total. The number of amides is 1. The van der Waals surface area contributed by atoms with Crippen LogP contribution in [-0.4, -0.2) is 65.2 Å². The third-order valence-electron chi connectivity index (χ3n) is 3.44. The first kappa shape index (κ1) is 11.6. The van der Waals surface area contributed by atoms with Crippen molar-refractivity contribution in [1.29, 1.82) is 0 Å². The second-order valence-electron chi connectivity index (χ2n) is 4.63. The Balaban J connectivity index is 1.69. The van der Waals surface area contributed by atoms with Gasteiger partial charge in [-0.1, -0.05) is 5.21 Å². The second-order valence-corrected chi connectivity index (χ2v) is 4.63. The Morgan fingerprint density at radius 3 is 3.00 bits per heavy atom. The predicted octanol–water partition coefficient (Wildman–Crippen LogP) is -0.715. The lowest BCUT2D eigenvalue weighted by molar-refractivity contribution is 0.0299. The summed E-state index contributed by atoms with van der Waals surface area (Å²) < 4.78 is 7.03. The van der Waals surface area contributed by atoms with E-state index in [-0.39, 0.29) is 5.91 Å². The van der Waals surface area contributed by atoms with Gasteiger partial charge in [-0.2, -0.15) is 0 Å². The van der Waals surface area contributed by atoms with E-state index in [2.05, 4.69) is 15.6 Å². The van der Waals surface area contributed by atoms with Gasteiger partial charge in [0.1, 0.15) is 0 Å². The molecular formula is C11H17N5O2. The average Bonchev–Trinajstić information content (AvgIpc) is 3.09. The number of morpholine rings is 1. The number of hydrogen-bond acceptors (Lipinski definition) is 5. The summed E-state index contributed by atoms with van der Waals surface area (Å²) in [7, 11) is 0. The minimum Gasteiger partial charge on any atom is -0.378 e. The van der Waals surface area contributed by atoms with Gasteiger partial charge in [-0.25, -0.2) is 4.68 Å². The van der Waals surface area contributed by atoms with Crippen molar-refractivity contribution >= 4 is 5.91 Å². The molecule has 0 aromatic carbocycles. The SMILES string of the molecule is O=C(c1cn(C2CCNC2)nn1)N1CCOCC1. The third-order valence-corrected chi connectivity index (χ3v) is 3.44. The summed E-state index contributed by atoms with van der Waals surface area (Å²) in [5.41, 5.74) is 0.434. The summed E-state index contributed by atoms with van der Waals surface area (Å²) in [6, 6.07) is 0.323. The third kappa shape index (κ3) is 2.23. The molecule has 0 aliphatic carbocycles. The molecule has 0 bridgehead atoms. The molecule has 18 heavy (non-hydrogen) atoms. The van der Waals surface area contributed by atoms with Gasteiger partial charge >= 0.3 is 0 Å². The van der Waals surface area contributed by atoms with E-state index in [9.17, 15) is 4.79 Å². The molecule has 1 amide bonds. The summed E-state index contributed by atoms with van der Waals surface area (Å²) in [6.07, 6.45) is 2.80. The number of rotatable bonds is 2. The summed E-state index contributed by atoms with van der Waals surface area (Å²) in [4.78, 5) is 13.9. The van der Waals surface area contributed by atoms with Crippen molar-refractivity contribution in [2.45, 2.75) is 12.5 Å². The second kappa shape index (κ2) is 5.03. The highest BCUT2D eigenvalue weighted by Gasteiger charge is 2.23. The molecule has 2 aliphatic rings. The van der Waals surface area contributed by atoms with Crippen LogP contribution in [0.25, 0.3) is 0 Å². The zero-order valence-corrected chi connectivity index (χ0v) is 10.2. The van der Waals surface area contributed by atoms with Gasteiger partial charge in [0.05, 0.1) is 25.5 Å². The topological polar surface area (TPSA) is 72.3 Å². The van der Waals surface area contributed by atoms with Crippen LogP contribution in [0.3, 0.4) is 0 Å². The van der Waals surface area contributed by atoms with Crippen LogP contribution < -0.4 is 5.32 Å². The Morgan fingerprint density at radius 1 is 1.44 bits per heavy atom. The van der Waals surface area contributed by atoms with Crippen LogP contribution in [0.4, 0.5) is 0 Å². The monoisotopic (exact) mass is 251 g/mol. The maximum absolute atomic E-state index is 12.2. The highest BCUT2D eigenvalue weighted by atomic mass is 16.5. The number of nitrogens with one attached hydrogen (secondary N) is 1. The van der Waals surface area contributed by atoms with E-state index >= 15 is 0 Å². The highest BCUT2D eigenvalue weighted by molar-refractivity contribution is 5.92. The smallest absolute Gasteiger partial charge is 0.276 e. The number of nitrogens with zero attached hydrogens (tertiary/aromatic N) is 4. The number of ether oxygens (including phenoxy) is 1. The molecular weight excluding hydrogens is 234 g/mol. The first-order chi connectivity index (χ1) is 8.84. The van der Waals surface area contributed by atoms with Gasteiger partial charge in [-0.3, -0.25) is 4.79 Å². The number of carbonyl (C=O) groups excluding carboxylic acids is 1. The molecule has 0 radical (unpaired) electrons. The Labute approximate surface area is 105 Å². The maximum Gasteiger partial charge on any atom is 0.276 e. The molecule has 98 valence electrons. The van der Waals surface area contributed by atoms with Crippen LogP contribution in [0.2, 0.25) is 0 Å². The molecule has 1 aromatic rings. The van der Waals surface area contributed by atoms with E-state index in [0.29, 0.717) is 38.0 Å². The zero-order valence-electron chi connectivity index (χ0n) is 10.2. The molecule has 2 fully saturated rings. The highest BCUT2D eigenvalue weighted by Crippen LogP contribution is 2.14. The van der Waals surface area contributed by atoms with Crippen molar-refractivity contribution < 1.29 is 9.53 Å². The van der Waals surface area contributed by atoms with E-state index in [1.807, 2.05) is 0 Å². The predicted molar refractivity (Wildman–Crippen MR) is 63.3 cm³/mol. The minimum absolute atomic E-state index is 0.0458. The average molecular weight is 251 g/mol. The van der Waals surface area contributed by atoms with E-state index in [1.54, 1.807) is 15.8 Å². The van der Waals surface area contributed by atoms with Gasteiger partial charge in [0.2, 0.25) is 0 Å². The van der Waals surface area contributed by atoms with Crippen LogP contribution in [0.5, 0.6) is 0 Å². The minimum atomic E-state index is -0.0458. The van der Waals surface area contributed by atoms with Crippen LogP contribution in [0.15, 0.2) is 6.20 Å². The molecule has 7 nitrogen and oxygen atoms in total. The molecule has 3 rings (SSSR count). The molecule has 1 aromatic heterocycles. The fourth-order valence-electron chi connectivity index (χ4n) is 2.35. The van der Waals surface area contributed by atoms with Crippen molar-refractivity contribution in [3.8, 4) is 0 Å². The van der Waals surface area contributed by atoms with Gasteiger partial charge in [0, 0.05) is 19.6 Å². The van der Waals surface area contributed by atoms with Crippen molar-refractivity contribution in [3.05, 3.63) is 11.9 Å². The van der Waals surface area contributed by atoms with Crippen molar-refractivity contribution in [2.24, 2.45) is 0 Å². The first-order valence-electron chi connectivity index (χ1n) is 6.34. The van der Waals surface area contributed by atoms with Gasteiger partial charge in [-0.15, -0.1) is 5.10 Å². The van der Waals surface area contributed by atoms with Crippen molar-refractivity contribution in [2.75, 3.05) is 39.4 Å². The molecule has 2 aliphatic heterocycles. The largest absolute Gasteiger partial charge is 0.378 e. The number of aromatic nitrogens is 3. The fourth-order valence-corrected chi connectivity index (χ4v) is 2.35. The normalized spacial score (nSPS) is 24.4. The molecule has 3 heterocycles. The fraction of sp³-hybridized carbons (Fsp3) is 0.727. The summed E-state index contributed by atoms with van der Waals surface area (Å²) >= 11 is 0. The quantitative estimate of drug-likeness (QED) is 0.751.